The third-order valence-corrected chi connectivity index (χ3v) is 2.53. The Hall–Kier alpha value is -2.83. The lowest BCUT2D eigenvalue weighted by atomic mass is 10.1. The van der Waals surface area contributed by atoms with E-state index in [-0.39, 0.29) is 19.1 Å². The van der Waals surface area contributed by atoms with Gasteiger partial charge in [-0.2, -0.15) is 20.5 Å². The second-order valence-electron chi connectivity index (χ2n) is 3.79. The molecule has 0 aliphatic rings. The second-order valence-corrected chi connectivity index (χ2v) is 3.79. The zero-order chi connectivity index (χ0) is 16.2. The molecule has 0 heterocycles. The molecule has 0 aromatic heterocycles. The average molecular weight is 300 g/mol. The maximum atomic E-state index is 10.1. The van der Waals surface area contributed by atoms with E-state index < -0.39 is 0 Å². The normalized spacial score (nSPS) is 11.4. The Labute approximate surface area is 129 Å². The van der Waals surface area contributed by atoms with Crippen molar-refractivity contribution < 1.29 is 5.11 Å². The summed E-state index contributed by atoms with van der Waals surface area (Å²) in [7, 11) is 0. The smallest absolute Gasteiger partial charge is 0.171 e. The van der Waals surface area contributed by atoms with Crippen molar-refractivity contribution in [1.82, 2.24) is 0 Å². The molecule has 0 fully saturated rings. The third kappa shape index (κ3) is 4.93. The van der Waals surface area contributed by atoms with Crippen molar-refractivity contribution in [3.8, 4) is 5.75 Å². The highest BCUT2D eigenvalue weighted by Gasteiger charge is 2.04. The summed E-state index contributed by atoms with van der Waals surface area (Å²) in [5.74, 6) is 0.108. The first-order chi connectivity index (χ1) is 10.8. The predicted molar refractivity (Wildman–Crippen MR) is 88.7 cm³/mol. The molecular weight excluding hydrogens is 280 g/mol. The van der Waals surface area contributed by atoms with Crippen LogP contribution in [0.15, 0.2) is 61.8 Å². The number of hydrogen-bond donors (Lipinski definition) is 2. The number of benzene rings is 2. The lowest BCUT2D eigenvalue weighted by molar-refractivity contribution is 0.482. The van der Waals surface area contributed by atoms with Crippen LogP contribution in [0.5, 0.6) is 5.75 Å². The maximum absolute atomic E-state index is 10.1. The first kappa shape index (κ1) is 17.2. The summed E-state index contributed by atoms with van der Waals surface area (Å²) in [6.07, 6.45) is 1.16. The van der Waals surface area contributed by atoms with Crippen LogP contribution in [-0.4, -0.2) is 24.8 Å². The van der Waals surface area contributed by atoms with Gasteiger partial charge in [0.25, 0.3) is 0 Å². The molecule has 0 saturated heterocycles. The van der Waals surface area contributed by atoms with Crippen molar-refractivity contribution in [2.45, 2.75) is 13.8 Å². The largest absolute Gasteiger partial charge is 0.505 e. The third-order valence-electron chi connectivity index (χ3n) is 2.53. The fourth-order valence-corrected chi connectivity index (χ4v) is 1.63. The molecule has 0 aliphatic carbocycles. The number of phenolic OH excluding ortho intramolecular Hbond substituents is 1. The highest BCUT2D eigenvalue weighted by atomic mass is 16.3. The van der Waals surface area contributed by atoms with Crippen LogP contribution < -0.4 is 5.73 Å². The molecule has 0 unspecified atom stereocenters. The van der Waals surface area contributed by atoms with Crippen molar-refractivity contribution in [3.63, 3.8) is 0 Å². The van der Waals surface area contributed by atoms with Crippen LogP contribution in [0, 0.1) is 0 Å². The highest BCUT2D eigenvalue weighted by Crippen LogP contribution is 2.34. The van der Waals surface area contributed by atoms with Crippen LogP contribution in [-0.2, 0) is 0 Å². The molecule has 116 valence electrons. The molecule has 0 radical (unpaired) electrons. The molecule has 2 aromatic rings. The zero-order valence-corrected chi connectivity index (χ0v) is 12.7. The second kappa shape index (κ2) is 9.98. The van der Waals surface area contributed by atoms with Crippen molar-refractivity contribution in [2.24, 2.45) is 31.2 Å². The quantitative estimate of drug-likeness (QED) is 0.494. The number of hydrogen-bond acceptors (Lipinski definition) is 6. The van der Waals surface area contributed by atoms with E-state index >= 15 is 0 Å². The summed E-state index contributed by atoms with van der Waals surface area (Å²) < 4.78 is 0. The van der Waals surface area contributed by atoms with Gasteiger partial charge in [0.2, 0.25) is 0 Å². The molecule has 7 heteroatoms. The lowest BCUT2D eigenvalue weighted by Gasteiger charge is -2.02. The van der Waals surface area contributed by atoms with Crippen LogP contribution in [0.25, 0.3) is 10.8 Å². The number of phenols is 1. The van der Waals surface area contributed by atoms with Crippen LogP contribution in [0.3, 0.4) is 0 Å². The maximum Gasteiger partial charge on any atom is 0.171 e. The average Bonchev–Trinajstić information content (AvgIpc) is 2.58. The van der Waals surface area contributed by atoms with E-state index in [0.717, 1.165) is 17.1 Å². The van der Waals surface area contributed by atoms with Gasteiger partial charge in [-0.1, -0.05) is 44.2 Å². The molecular formula is C15H20N6O. The van der Waals surface area contributed by atoms with Crippen molar-refractivity contribution in [3.05, 3.63) is 36.4 Å². The number of aromatic hydroxyl groups is 1. The summed E-state index contributed by atoms with van der Waals surface area (Å²) in [5.41, 5.74) is 5.45. The Kier molecular flexibility index (Phi) is 7.81. The molecule has 2 aromatic carbocycles. The Morgan fingerprint density at radius 1 is 1.00 bits per heavy atom. The van der Waals surface area contributed by atoms with Crippen LogP contribution >= 0.6 is 0 Å². The monoisotopic (exact) mass is 300 g/mol. The number of rotatable bonds is 5. The van der Waals surface area contributed by atoms with Crippen LogP contribution in [0.1, 0.15) is 13.8 Å². The van der Waals surface area contributed by atoms with E-state index in [1.807, 2.05) is 44.2 Å². The minimum absolute atomic E-state index is 0.0758. The fraction of sp³-hybridized carbons (Fsp3) is 0.267. The number of fused-ring (bicyclic) bond motifs is 1. The summed E-state index contributed by atoms with van der Waals surface area (Å²) in [6, 6.07) is 11.1. The molecule has 3 N–H and O–H groups in total. The molecule has 0 bridgehead atoms. The molecule has 0 spiro atoms. The van der Waals surface area contributed by atoms with E-state index in [4.69, 9.17) is 5.73 Å². The Balaban J connectivity index is 0.00000116. The Morgan fingerprint density at radius 3 is 2.50 bits per heavy atom. The SMILES string of the molecule is CC.NC=NCN=NCN=Nc1ccc2ccccc2c1O. The van der Waals surface area contributed by atoms with Crippen molar-refractivity contribution >= 4 is 22.8 Å². The van der Waals surface area contributed by atoms with E-state index in [2.05, 4.69) is 25.4 Å². The van der Waals surface area contributed by atoms with E-state index in [1.54, 1.807) is 6.07 Å². The zero-order valence-electron chi connectivity index (χ0n) is 12.7. The van der Waals surface area contributed by atoms with Gasteiger partial charge < -0.3 is 10.8 Å². The van der Waals surface area contributed by atoms with Crippen LogP contribution in [0.2, 0.25) is 0 Å². The van der Waals surface area contributed by atoms with Gasteiger partial charge in [-0.15, -0.1) is 0 Å². The first-order valence-corrected chi connectivity index (χ1v) is 6.94. The summed E-state index contributed by atoms with van der Waals surface area (Å²) in [5, 5.41) is 27.0. The number of nitrogens with two attached hydrogens (primary N) is 1. The number of aliphatic imine (C=N–C) groups is 1. The van der Waals surface area contributed by atoms with Gasteiger partial charge in [0, 0.05) is 5.39 Å². The predicted octanol–water partition coefficient (Wildman–Crippen LogP) is 4.01. The minimum Gasteiger partial charge on any atom is -0.505 e. The molecule has 2 rings (SSSR count). The van der Waals surface area contributed by atoms with E-state index in [0.29, 0.717) is 5.69 Å². The van der Waals surface area contributed by atoms with Gasteiger partial charge >= 0.3 is 0 Å². The van der Waals surface area contributed by atoms with Crippen LogP contribution in [0.4, 0.5) is 5.69 Å². The summed E-state index contributed by atoms with van der Waals surface area (Å²) in [6.45, 7) is 4.25. The Morgan fingerprint density at radius 2 is 1.73 bits per heavy atom. The standard InChI is InChI=1S/C13H14N6O.C2H6/c14-7-15-8-16-17-9-18-19-12-6-5-10-3-1-2-4-11(10)13(12)20;1-2/h1-7,20H,8-9H2,(H2,14,15);1-2H3. The lowest BCUT2D eigenvalue weighted by Crippen LogP contribution is -1.88. The van der Waals surface area contributed by atoms with Gasteiger partial charge in [0.05, 0.1) is 6.34 Å². The minimum atomic E-state index is 0.0758. The van der Waals surface area contributed by atoms with Gasteiger partial charge in [-0.25, -0.2) is 0 Å². The van der Waals surface area contributed by atoms with Gasteiger partial charge in [-0.05, 0) is 11.5 Å². The van der Waals surface area contributed by atoms with Gasteiger partial charge in [-0.3, -0.25) is 4.99 Å². The highest BCUT2D eigenvalue weighted by molar-refractivity contribution is 5.92. The van der Waals surface area contributed by atoms with E-state index in [9.17, 15) is 5.11 Å². The fourth-order valence-electron chi connectivity index (χ4n) is 1.63. The van der Waals surface area contributed by atoms with Crippen molar-refractivity contribution in [1.29, 1.82) is 0 Å². The van der Waals surface area contributed by atoms with Gasteiger partial charge in [0.15, 0.2) is 19.1 Å². The molecule has 22 heavy (non-hydrogen) atoms. The summed E-state index contributed by atoms with van der Waals surface area (Å²) in [4.78, 5) is 3.66. The molecule has 0 saturated carbocycles. The molecule has 0 atom stereocenters. The number of azo groups is 2. The summed E-state index contributed by atoms with van der Waals surface area (Å²) >= 11 is 0. The number of nitrogens with zero attached hydrogens (tertiary/aromatic N) is 5. The topological polar surface area (TPSA) is 108 Å². The molecule has 0 aliphatic heterocycles. The van der Waals surface area contributed by atoms with Crippen molar-refractivity contribution in [2.75, 3.05) is 13.3 Å². The first-order valence-electron chi connectivity index (χ1n) is 6.94. The van der Waals surface area contributed by atoms with Gasteiger partial charge in [0.1, 0.15) is 5.69 Å². The molecule has 0 amide bonds. The van der Waals surface area contributed by atoms with E-state index in [1.165, 1.54) is 0 Å². The Bertz CT molecular complexity index is 666. The molecule has 7 nitrogen and oxygen atoms in total.